The maximum atomic E-state index is 13.1. The van der Waals surface area contributed by atoms with Gasteiger partial charge in [0.1, 0.15) is 6.54 Å². The molecule has 2 aromatic carbocycles. The third-order valence-corrected chi connectivity index (χ3v) is 9.24. The zero-order chi connectivity index (χ0) is 27.3. The molecule has 38 heavy (non-hydrogen) atoms. The van der Waals surface area contributed by atoms with Gasteiger partial charge in [-0.2, -0.15) is 9.30 Å². The SMILES string of the molecule is CCOC(=O)Cn1c(=NC(=O)c2ccc(S(=O)(=O)N3CCCCCC3)cc2)sc2cc(OC)c(OC)cc21. The first-order chi connectivity index (χ1) is 18.3. The van der Waals surface area contributed by atoms with Gasteiger partial charge in [0.2, 0.25) is 10.0 Å². The van der Waals surface area contributed by atoms with Crippen molar-refractivity contribution in [3.8, 4) is 11.5 Å². The van der Waals surface area contributed by atoms with Crippen LogP contribution in [0.5, 0.6) is 11.5 Å². The van der Waals surface area contributed by atoms with Gasteiger partial charge in [-0.3, -0.25) is 9.59 Å². The lowest BCUT2D eigenvalue weighted by Crippen LogP contribution is -2.31. The zero-order valence-corrected chi connectivity index (χ0v) is 23.3. The fraction of sp³-hybridized carbons (Fsp3) is 0.423. The smallest absolute Gasteiger partial charge is 0.326 e. The van der Waals surface area contributed by atoms with Crippen LogP contribution in [0.15, 0.2) is 46.3 Å². The number of hydrogen-bond acceptors (Lipinski definition) is 8. The van der Waals surface area contributed by atoms with Crippen molar-refractivity contribution in [1.82, 2.24) is 8.87 Å². The van der Waals surface area contributed by atoms with Crippen LogP contribution in [0.1, 0.15) is 43.0 Å². The van der Waals surface area contributed by atoms with Crippen LogP contribution in [0.4, 0.5) is 0 Å². The summed E-state index contributed by atoms with van der Waals surface area (Å²) >= 11 is 1.21. The van der Waals surface area contributed by atoms with Crippen molar-refractivity contribution in [2.45, 2.75) is 44.0 Å². The van der Waals surface area contributed by atoms with Crippen LogP contribution in [0.3, 0.4) is 0 Å². The molecule has 0 bridgehead atoms. The Kier molecular flexibility index (Phi) is 8.85. The number of aromatic nitrogens is 1. The number of thiazole rings is 1. The number of carbonyl (C=O) groups excluding carboxylic acids is 2. The number of rotatable bonds is 8. The summed E-state index contributed by atoms with van der Waals surface area (Å²) in [7, 11) is -0.594. The molecule has 4 rings (SSSR count). The number of carbonyl (C=O) groups is 2. The molecule has 1 fully saturated rings. The topological polar surface area (TPSA) is 117 Å². The van der Waals surface area contributed by atoms with E-state index in [0.29, 0.717) is 30.1 Å². The number of nitrogens with zero attached hydrogens (tertiary/aromatic N) is 3. The molecule has 0 N–H and O–H groups in total. The van der Waals surface area contributed by atoms with Crippen LogP contribution >= 0.6 is 11.3 Å². The standard InChI is InChI=1S/C26H31N3O7S2/c1-4-36-24(30)17-29-20-15-21(34-2)22(35-3)16-23(20)37-26(29)27-25(31)18-9-11-19(12-10-18)38(32,33)28-13-7-5-6-8-14-28/h9-12,15-16H,4-8,13-14,17H2,1-3H3. The van der Waals surface area contributed by atoms with Crippen LogP contribution in [0.25, 0.3) is 10.2 Å². The first kappa shape index (κ1) is 27.8. The number of sulfonamides is 1. The van der Waals surface area contributed by atoms with Crippen molar-refractivity contribution >= 4 is 43.5 Å². The Morgan fingerprint density at radius 1 is 0.974 bits per heavy atom. The highest BCUT2D eigenvalue weighted by Crippen LogP contribution is 2.33. The second-order valence-corrected chi connectivity index (χ2v) is 11.7. The number of hydrogen-bond donors (Lipinski definition) is 0. The van der Waals surface area contributed by atoms with Crippen LogP contribution in [0, 0.1) is 0 Å². The Labute approximate surface area is 225 Å². The summed E-state index contributed by atoms with van der Waals surface area (Å²) in [6.45, 7) is 2.79. The van der Waals surface area contributed by atoms with Gasteiger partial charge in [-0.15, -0.1) is 0 Å². The Morgan fingerprint density at radius 3 is 2.21 bits per heavy atom. The number of amides is 1. The van der Waals surface area contributed by atoms with Gasteiger partial charge < -0.3 is 18.8 Å². The van der Waals surface area contributed by atoms with E-state index < -0.39 is 21.9 Å². The van der Waals surface area contributed by atoms with Crippen LogP contribution in [-0.4, -0.2) is 63.1 Å². The molecular formula is C26H31N3O7S2. The Bertz CT molecular complexity index is 1480. The summed E-state index contributed by atoms with van der Waals surface area (Å²) in [6, 6.07) is 9.28. The number of esters is 1. The monoisotopic (exact) mass is 561 g/mol. The van der Waals surface area contributed by atoms with Crippen molar-refractivity contribution in [3.05, 3.63) is 46.8 Å². The summed E-state index contributed by atoms with van der Waals surface area (Å²) in [5.41, 5.74) is 0.862. The van der Waals surface area contributed by atoms with Gasteiger partial charge in [-0.05, 0) is 44.0 Å². The van der Waals surface area contributed by atoms with E-state index in [2.05, 4.69) is 4.99 Å². The minimum Gasteiger partial charge on any atom is -0.493 e. The molecule has 1 aliphatic heterocycles. The van der Waals surface area contributed by atoms with Crippen molar-refractivity contribution in [2.24, 2.45) is 4.99 Å². The lowest BCUT2D eigenvalue weighted by Gasteiger charge is -2.19. The summed E-state index contributed by atoms with van der Waals surface area (Å²) in [5.74, 6) is -0.0659. The third-order valence-electron chi connectivity index (χ3n) is 6.28. The van der Waals surface area contributed by atoms with Gasteiger partial charge in [-0.1, -0.05) is 24.2 Å². The maximum absolute atomic E-state index is 13.1. The highest BCUT2D eigenvalue weighted by molar-refractivity contribution is 7.89. The number of ether oxygens (including phenoxy) is 3. The predicted molar refractivity (Wildman–Crippen MR) is 143 cm³/mol. The van der Waals surface area contributed by atoms with E-state index in [1.54, 1.807) is 23.6 Å². The molecule has 0 spiro atoms. The van der Waals surface area contributed by atoms with Gasteiger partial charge in [0, 0.05) is 30.8 Å². The largest absolute Gasteiger partial charge is 0.493 e. The molecule has 1 amide bonds. The molecular weight excluding hydrogens is 530 g/mol. The second-order valence-electron chi connectivity index (χ2n) is 8.71. The summed E-state index contributed by atoms with van der Waals surface area (Å²) in [6.07, 6.45) is 3.73. The first-order valence-corrected chi connectivity index (χ1v) is 14.6. The normalized spacial score (nSPS) is 15.3. The first-order valence-electron chi connectivity index (χ1n) is 12.4. The Hall–Kier alpha value is -3.22. The lowest BCUT2D eigenvalue weighted by atomic mass is 10.2. The van der Waals surface area contributed by atoms with Crippen molar-refractivity contribution in [3.63, 3.8) is 0 Å². The van der Waals surface area contributed by atoms with E-state index in [9.17, 15) is 18.0 Å². The van der Waals surface area contributed by atoms with E-state index in [4.69, 9.17) is 14.2 Å². The van der Waals surface area contributed by atoms with Crippen LogP contribution in [-0.2, 0) is 26.1 Å². The van der Waals surface area contributed by atoms with Crippen molar-refractivity contribution in [2.75, 3.05) is 33.9 Å². The summed E-state index contributed by atoms with van der Waals surface area (Å²) in [5, 5.41) is 0. The van der Waals surface area contributed by atoms with Gasteiger partial charge in [-0.25, -0.2) is 8.42 Å². The molecule has 10 nitrogen and oxygen atoms in total. The molecule has 12 heteroatoms. The van der Waals surface area contributed by atoms with Gasteiger partial charge >= 0.3 is 5.97 Å². The molecule has 3 aromatic rings. The molecule has 1 saturated heterocycles. The minimum absolute atomic E-state index is 0.148. The summed E-state index contributed by atoms with van der Waals surface area (Å²) in [4.78, 5) is 30.2. The van der Waals surface area contributed by atoms with Crippen molar-refractivity contribution in [1.29, 1.82) is 0 Å². The number of fused-ring (bicyclic) bond motifs is 1. The van der Waals surface area contributed by atoms with Crippen LogP contribution < -0.4 is 14.3 Å². The minimum atomic E-state index is -3.63. The van der Waals surface area contributed by atoms with Gasteiger partial charge in [0.25, 0.3) is 5.91 Å². The maximum Gasteiger partial charge on any atom is 0.326 e. The van der Waals surface area contributed by atoms with Crippen molar-refractivity contribution < 1.29 is 32.2 Å². The van der Waals surface area contributed by atoms with E-state index in [-0.39, 0.29) is 28.4 Å². The highest BCUT2D eigenvalue weighted by Gasteiger charge is 2.25. The number of methoxy groups -OCH3 is 2. The Morgan fingerprint density at radius 2 is 1.61 bits per heavy atom. The van der Waals surface area contributed by atoms with E-state index in [0.717, 1.165) is 30.4 Å². The van der Waals surface area contributed by atoms with E-state index >= 15 is 0 Å². The quantitative estimate of drug-likeness (QED) is 0.386. The molecule has 0 radical (unpaired) electrons. The van der Waals surface area contributed by atoms with Crippen LogP contribution in [0.2, 0.25) is 0 Å². The molecule has 0 unspecified atom stereocenters. The molecule has 0 aliphatic carbocycles. The molecule has 0 atom stereocenters. The average Bonchev–Trinajstić information content (AvgIpc) is 3.07. The molecule has 2 heterocycles. The third kappa shape index (κ3) is 5.92. The van der Waals surface area contributed by atoms with Gasteiger partial charge in [0.05, 0.1) is 35.9 Å². The average molecular weight is 562 g/mol. The fourth-order valence-electron chi connectivity index (χ4n) is 4.32. The predicted octanol–water partition coefficient (Wildman–Crippen LogP) is 3.59. The zero-order valence-electron chi connectivity index (χ0n) is 21.6. The van der Waals surface area contributed by atoms with E-state index in [1.165, 1.54) is 54.1 Å². The second kappa shape index (κ2) is 12.1. The van der Waals surface area contributed by atoms with E-state index in [1.807, 2.05) is 0 Å². The fourth-order valence-corrected chi connectivity index (χ4v) is 6.88. The number of benzene rings is 2. The summed E-state index contributed by atoms with van der Waals surface area (Å²) < 4.78 is 45.9. The Balaban J connectivity index is 1.70. The van der Waals surface area contributed by atoms with Gasteiger partial charge in [0.15, 0.2) is 16.3 Å². The molecule has 0 saturated carbocycles. The molecule has 1 aliphatic rings. The molecule has 204 valence electrons. The highest BCUT2D eigenvalue weighted by atomic mass is 32.2. The lowest BCUT2D eigenvalue weighted by molar-refractivity contribution is -0.143. The molecule has 1 aromatic heterocycles.